The highest BCUT2D eigenvalue weighted by atomic mass is 16.5. The van der Waals surface area contributed by atoms with Crippen molar-refractivity contribution in [3.63, 3.8) is 0 Å². The molecule has 2 atom stereocenters. The first-order valence-corrected chi connectivity index (χ1v) is 9.70. The normalized spacial score (nSPS) is 21.7. The second kappa shape index (κ2) is 9.19. The van der Waals surface area contributed by atoms with Crippen LogP contribution in [0.25, 0.3) is 0 Å². The van der Waals surface area contributed by atoms with Gasteiger partial charge >= 0.3 is 0 Å². The number of nitrogens with zero attached hydrogens (tertiary/aromatic N) is 2. The molecule has 2 amide bonds. The van der Waals surface area contributed by atoms with Gasteiger partial charge in [0.25, 0.3) is 0 Å². The summed E-state index contributed by atoms with van der Waals surface area (Å²) in [5.74, 6) is 0.719. The van der Waals surface area contributed by atoms with Crippen LogP contribution < -0.4 is 15.4 Å². The van der Waals surface area contributed by atoms with Gasteiger partial charge in [-0.3, -0.25) is 14.5 Å². The molecule has 0 saturated carbocycles. The molecule has 0 spiro atoms. The van der Waals surface area contributed by atoms with Crippen LogP contribution in [0.15, 0.2) is 24.3 Å². The van der Waals surface area contributed by atoms with Crippen molar-refractivity contribution in [3.8, 4) is 5.75 Å². The quantitative estimate of drug-likeness (QED) is 0.769. The van der Waals surface area contributed by atoms with Gasteiger partial charge in [-0.2, -0.15) is 0 Å². The van der Waals surface area contributed by atoms with E-state index in [2.05, 4.69) is 15.5 Å². The van der Waals surface area contributed by atoms with Gasteiger partial charge < -0.3 is 20.3 Å². The Morgan fingerprint density at radius 3 is 2.56 bits per heavy atom. The summed E-state index contributed by atoms with van der Waals surface area (Å²) in [4.78, 5) is 29.0. The Kier molecular flexibility index (Phi) is 6.68. The second-order valence-corrected chi connectivity index (χ2v) is 7.30. The third kappa shape index (κ3) is 5.20. The lowest BCUT2D eigenvalue weighted by molar-refractivity contribution is -0.131. The molecule has 0 aliphatic carbocycles. The number of piperazine rings is 1. The Bertz CT molecular complexity index is 643. The van der Waals surface area contributed by atoms with Crippen LogP contribution in [-0.2, 0) is 9.59 Å². The highest BCUT2D eigenvalue weighted by Crippen LogP contribution is 2.23. The molecule has 2 fully saturated rings. The molecule has 2 heterocycles. The summed E-state index contributed by atoms with van der Waals surface area (Å²) in [7, 11) is 1.62. The van der Waals surface area contributed by atoms with E-state index in [1.54, 1.807) is 7.11 Å². The zero-order valence-corrected chi connectivity index (χ0v) is 16.2. The van der Waals surface area contributed by atoms with Crippen LogP contribution in [0.4, 0.5) is 0 Å². The minimum Gasteiger partial charge on any atom is -0.497 e. The van der Waals surface area contributed by atoms with E-state index < -0.39 is 0 Å². The molecule has 0 aromatic heterocycles. The number of methoxy groups -OCH3 is 1. The van der Waals surface area contributed by atoms with E-state index in [-0.39, 0.29) is 24.3 Å². The first-order valence-electron chi connectivity index (χ1n) is 9.70. The van der Waals surface area contributed by atoms with E-state index in [0.29, 0.717) is 6.04 Å². The van der Waals surface area contributed by atoms with Gasteiger partial charge in [0, 0.05) is 52.2 Å². The van der Waals surface area contributed by atoms with Gasteiger partial charge in [0.2, 0.25) is 11.8 Å². The monoisotopic (exact) mass is 374 g/mol. The summed E-state index contributed by atoms with van der Waals surface area (Å²) >= 11 is 0. The molecule has 148 valence electrons. The van der Waals surface area contributed by atoms with Crippen LogP contribution >= 0.6 is 0 Å². The maximum Gasteiger partial charge on any atom is 0.225 e. The smallest absolute Gasteiger partial charge is 0.225 e. The topological polar surface area (TPSA) is 73.9 Å². The molecule has 2 N–H and O–H groups in total. The number of hydrogen-bond acceptors (Lipinski definition) is 5. The maximum atomic E-state index is 12.9. The van der Waals surface area contributed by atoms with Crippen molar-refractivity contribution in [2.45, 2.75) is 31.8 Å². The van der Waals surface area contributed by atoms with Gasteiger partial charge in [-0.05, 0) is 24.1 Å². The Hall–Kier alpha value is -2.12. The average Bonchev–Trinajstić information content (AvgIpc) is 3.18. The van der Waals surface area contributed by atoms with Crippen LogP contribution in [0, 0.1) is 0 Å². The molecule has 27 heavy (non-hydrogen) atoms. The first-order chi connectivity index (χ1) is 13.1. The SMILES string of the molecule is COc1ccc(C(CC(=O)N2CCC(N3CCNCC3)C2)NC(C)=O)cc1. The van der Waals surface area contributed by atoms with Crippen molar-refractivity contribution in [1.82, 2.24) is 20.4 Å². The Morgan fingerprint density at radius 1 is 1.22 bits per heavy atom. The second-order valence-electron chi connectivity index (χ2n) is 7.30. The summed E-state index contributed by atoms with van der Waals surface area (Å²) in [5, 5.41) is 6.29. The highest BCUT2D eigenvalue weighted by molar-refractivity contribution is 5.79. The lowest BCUT2D eigenvalue weighted by Gasteiger charge is -2.32. The van der Waals surface area contributed by atoms with E-state index in [1.807, 2.05) is 29.2 Å². The number of carbonyl (C=O) groups excluding carboxylic acids is 2. The van der Waals surface area contributed by atoms with Gasteiger partial charge in [-0.25, -0.2) is 0 Å². The van der Waals surface area contributed by atoms with E-state index in [4.69, 9.17) is 4.74 Å². The molecule has 2 aliphatic rings. The molecule has 1 aromatic rings. The number of carbonyl (C=O) groups is 2. The van der Waals surface area contributed by atoms with E-state index in [1.165, 1.54) is 6.92 Å². The number of nitrogens with one attached hydrogen (secondary N) is 2. The van der Waals surface area contributed by atoms with Crippen molar-refractivity contribution in [1.29, 1.82) is 0 Å². The Balaban J connectivity index is 1.61. The van der Waals surface area contributed by atoms with Gasteiger partial charge in [-0.15, -0.1) is 0 Å². The largest absolute Gasteiger partial charge is 0.497 e. The maximum absolute atomic E-state index is 12.9. The van der Waals surface area contributed by atoms with Crippen LogP contribution in [0.1, 0.15) is 31.4 Å². The van der Waals surface area contributed by atoms with Crippen LogP contribution in [0.3, 0.4) is 0 Å². The van der Waals surface area contributed by atoms with Crippen molar-refractivity contribution >= 4 is 11.8 Å². The minimum atomic E-state index is -0.320. The third-order valence-electron chi connectivity index (χ3n) is 5.46. The third-order valence-corrected chi connectivity index (χ3v) is 5.46. The fourth-order valence-corrected chi connectivity index (χ4v) is 3.95. The number of amides is 2. The fraction of sp³-hybridized carbons (Fsp3) is 0.600. The van der Waals surface area contributed by atoms with Crippen LogP contribution in [0.2, 0.25) is 0 Å². The van der Waals surface area contributed by atoms with Crippen molar-refractivity contribution in [2.75, 3.05) is 46.4 Å². The lowest BCUT2D eigenvalue weighted by Crippen LogP contribution is -2.49. The van der Waals surface area contributed by atoms with E-state index in [0.717, 1.165) is 57.0 Å². The van der Waals surface area contributed by atoms with Crippen molar-refractivity contribution in [3.05, 3.63) is 29.8 Å². The number of benzene rings is 1. The number of rotatable bonds is 6. The molecule has 3 rings (SSSR count). The molecule has 0 bridgehead atoms. The average molecular weight is 374 g/mol. The number of likely N-dealkylation sites (tertiary alicyclic amines) is 1. The molecular weight excluding hydrogens is 344 g/mol. The van der Waals surface area contributed by atoms with Crippen LogP contribution in [0.5, 0.6) is 5.75 Å². The zero-order chi connectivity index (χ0) is 19.2. The molecule has 2 unspecified atom stereocenters. The zero-order valence-electron chi connectivity index (χ0n) is 16.2. The highest BCUT2D eigenvalue weighted by Gasteiger charge is 2.32. The lowest BCUT2D eigenvalue weighted by atomic mass is 10.0. The summed E-state index contributed by atoms with van der Waals surface area (Å²) in [6.07, 6.45) is 1.30. The summed E-state index contributed by atoms with van der Waals surface area (Å²) in [6.45, 7) is 7.20. The Morgan fingerprint density at radius 2 is 1.93 bits per heavy atom. The standard InChI is InChI=1S/C20H30N4O3/c1-15(25)22-19(16-3-5-18(27-2)6-4-16)13-20(26)24-10-7-17(14-24)23-11-8-21-9-12-23/h3-6,17,19,21H,7-14H2,1-2H3,(H,22,25). The minimum absolute atomic E-state index is 0.0993. The Labute approximate surface area is 161 Å². The summed E-state index contributed by atoms with van der Waals surface area (Å²) in [6, 6.07) is 7.64. The molecular formula is C20H30N4O3. The predicted molar refractivity (Wildman–Crippen MR) is 104 cm³/mol. The molecule has 7 nitrogen and oxygen atoms in total. The van der Waals surface area contributed by atoms with Gasteiger partial charge in [0.05, 0.1) is 19.6 Å². The van der Waals surface area contributed by atoms with Gasteiger partial charge in [-0.1, -0.05) is 12.1 Å². The molecule has 7 heteroatoms. The molecule has 2 saturated heterocycles. The van der Waals surface area contributed by atoms with Crippen LogP contribution in [-0.4, -0.2) is 74.0 Å². The first kappa shape index (κ1) is 19.6. The molecule has 1 aromatic carbocycles. The number of hydrogen-bond donors (Lipinski definition) is 2. The molecule has 0 radical (unpaired) electrons. The van der Waals surface area contributed by atoms with Gasteiger partial charge in [0.15, 0.2) is 0 Å². The van der Waals surface area contributed by atoms with Crippen molar-refractivity contribution < 1.29 is 14.3 Å². The summed E-state index contributed by atoms with van der Waals surface area (Å²) < 4.78 is 5.19. The predicted octanol–water partition coefficient (Wildman–Crippen LogP) is 0.769. The summed E-state index contributed by atoms with van der Waals surface area (Å²) in [5.41, 5.74) is 0.914. The number of ether oxygens (including phenoxy) is 1. The van der Waals surface area contributed by atoms with Gasteiger partial charge in [0.1, 0.15) is 5.75 Å². The van der Waals surface area contributed by atoms with E-state index in [9.17, 15) is 9.59 Å². The van der Waals surface area contributed by atoms with E-state index >= 15 is 0 Å². The fourth-order valence-electron chi connectivity index (χ4n) is 3.95. The van der Waals surface area contributed by atoms with Crippen molar-refractivity contribution in [2.24, 2.45) is 0 Å². The molecule has 2 aliphatic heterocycles.